The van der Waals surface area contributed by atoms with Crippen LogP contribution in [0.25, 0.3) is 0 Å². The topological polar surface area (TPSA) is 157 Å². The number of aromatic carboxylic acids is 2. The van der Waals surface area contributed by atoms with Crippen LogP contribution in [-0.2, 0) is 14.5 Å². The summed E-state index contributed by atoms with van der Waals surface area (Å²) < 4.78 is 4.93. The van der Waals surface area contributed by atoms with Gasteiger partial charge in [-0.25, -0.2) is 19.2 Å². The molecule has 0 aliphatic rings. The van der Waals surface area contributed by atoms with Crippen molar-refractivity contribution in [1.29, 1.82) is 0 Å². The summed E-state index contributed by atoms with van der Waals surface area (Å²) in [6.07, 6.45) is -1.17. The van der Waals surface area contributed by atoms with Crippen LogP contribution in [0.2, 0.25) is 0 Å². The second-order valence-corrected chi connectivity index (χ2v) is 5.64. The fourth-order valence-electron chi connectivity index (χ4n) is 2.02. The molecule has 10 nitrogen and oxygen atoms in total. The Balaban J connectivity index is 1.85. The van der Waals surface area contributed by atoms with E-state index >= 15 is 0 Å². The monoisotopic (exact) mass is 404 g/mol. The Hall–Kier alpha value is -3.76. The van der Waals surface area contributed by atoms with E-state index in [4.69, 9.17) is 19.8 Å². The highest BCUT2D eigenvalue weighted by Gasteiger charge is 2.18. The summed E-state index contributed by atoms with van der Waals surface area (Å²) in [7, 11) is 0. The van der Waals surface area contributed by atoms with Gasteiger partial charge in [-0.15, -0.1) is 0 Å². The maximum atomic E-state index is 11.9. The molecule has 1 atom stereocenters. The maximum absolute atomic E-state index is 11.9. The minimum absolute atomic E-state index is 0.00131. The van der Waals surface area contributed by atoms with E-state index in [0.29, 0.717) is 0 Å². The molecular weight excluding hydrogens is 388 g/mol. The molecule has 1 unspecified atom stereocenters. The lowest BCUT2D eigenvalue weighted by molar-refractivity contribution is -0.285. The first-order chi connectivity index (χ1) is 13.8. The number of carboxylic acid groups (broad SMARTS) is 2. The summed E-state index contributed by atoms with van der Waals surface area (Å²) in [6.45, 7) is -1.07. The summed E-state index contributed by atoms with van der Waals surface area (Å²) in [5.41, 5.74) is 0.0878. The number of aliphatic hydroxyl groups excluding tert-OH is 1. The van der Waals surface area contributed by atoms with Crippen molar-refractivity contribution in [3.05, 3.63) is 70.8 Å². The Labute approximate surface area is 163 Å². The van der Waals surface area contributed by atoms with Crippen molar-refractivity contribution < 1.29 is 49.0 Å². The number of rotatable bonds is 9. The Kier molecular flexibility index (Phi) is 7.40. The number of hydrogen-bond donors (Lipinski definition) is 3. The number of hydrogen-bond acceptors (Lipinski definition) is 8. The lowest BCUT2D eigenvalue weighted by Crippen LogP contribution is -2.27. The molecule has 0 bridgehead atoms. The summed E-state index contributed by atoms with van der Waals surface area (Å²) in [4.78, 5) is 54.7. The van der Waals surface area contributed by atoms with Gasteiger partial charge in [0.25, 0.3) is 0 Å². The van der Waals surface area contributed by atoms with Crippen LogP contribution in [0.5, 0.6) is 0 Å². The van der Waals surface area contributed by atoms with E-state index in [2.05, 4.69) is 4.89 Å². The molecule has 152 valence electrons. The zero-order valence-corrected chi connectivity index (χ0v) is 14.8. The molecule has 0 radical (unpaired) electrons. The molecule has 0 spiro atoms. The van der Waals surface area contributed by atoms with Crippen molar-refractivity contribution in [2.75, 3.05) is 13.2 Å². The van der Waals surface area contributed by atoms with E-state index in [0.717, 1.165) is 0 Å². The average molecular weight is 404 g/mol. The van der Waals surface area contributed by atoms with Crippen LogP contribution in [-0.4, -0.2) is 58.5 Å². The van der Waals surface area contributed by atoms with Gasteiger partial charge in [-0.3, -0.25) is 4.89 Å². The third-order valence-electron chi connectivity index (χ3n) is 3.60. The number of ether oxygens (including phenoxy) is 1. The second kappa shape index (κ2) is 9.97. The van der Waals surface area contributed by atoms with Crippen molar-refractivity contribution in [3.8, 4) is 0 Å². The molecule has 2 aromatic rings. The number of aliphatic hydroxyl groups is 1. The van der Waals surface area contributed by atoms with Crippen LogP contribution in [0.15, 0.2) is 48.5 Å². The molecular formula is C19H16O10. The molecule has 0 saturated carbocycles. The summed E-state index contributed by atoms with van der Waals surface area (Å²) >= 11 is 0. The van der Waals surface area contributed by atoms with Gasteiger partial charge in [0.2, 0.25) is 0 Å². The number of esters is 1. The zero-order chi connectivity index (χ0) is 21.4. The highest BCUT2D eigenvalue weighted by molar-refractivity contribution is 5.93. The Morgan fingerprint density at radius 2 is 1.14 bits per heavy atom. The number of carboxylic acids is 2. The van der Waals surface area contributed by atoms with Gasteiger partial charge in [-0.05, 0) is 48.5 Å². The molecule has 3 N–H and O–H groups in total. The first kappa shape index (κ1) is 21.5. The molecule has 0 aliphatic heterocycles. The van der Waals surface area contributed by atoms with E-state index < -0.39 is 43.2 Å². The average Bonchev–Trinajstić information content (AvgIpc) is 2.73. The van der Waals surface area contributed by atoms with Gasteiger partial charge in [0, 0.05) is 0 Å². The molecule has 0 amide bonds. The lowest BCUT2D eigenvalue weighted by atomic mass is 10.1. The molecule has 0 saturated heterocycles. The van der Waals surface area contributed by atoms with Crippen molar-refractivity contribution in [2.45, 2.75) is 6.10 Å². The third kappa shape index (κ3) is 6.13. The molecule has 0 aromatic heterocycles. The number of benzene rings is 2. The van der Waals surface area contributed by atoms with Crippen LogP contribution >= 0.6 is 0 Å². The van der Waals surface area contributed by atoms with E-state index in [1.807, 2.05) is 0 Å². The van der Waals surface area contributed by atoms with Gasteiger partial charge in [0.15, 0.2) is 6.10 Å². The quantitative estimate of drug-likeness (QED) is 0.317. The highest BCUT2D eigenvalue weighted by atomic mass is 17.2. The number of carbonyl (C=O) groups is 4. The Morgan fingerprint density at radius 1 is 0.724 bits per heavy atom. The number of carbonyl (C=O) groups excluding carboxylic acids is 2. The fraction of sp³-hybridized carbons (Fsp3) is 0.158. The molecule has 0 fully saturated rings. The van der Waals surface area contributed by atoms with Gasteiger partial charge in [-0.2, -0.15) is 4.89 Å². The molecule has 2 rings (SSSR count). The van der Waals surface area contributed by atoms with E-state index in [1.165, 1.54) is 48.5 Å². The van der Waals surface area contributed by atoms with Gasteiger partial charge < -0.3 is 20.1 Å². The van der Waals surface area contributed by atoms with Crippen LogP contribution < -0.4 is 0 Å². The van der Waals surface area contributed by atoms with Gasteiger partial charge in [-0.1, -0.05) is 0 Å². The van der Waals surface area contributed by atoms with Crippen molar-refractivity contribution in [2.24, 2.45) is 0 Å². The van der Waals surface area contributed by atoms with Gasteiger partial charge in [0.05, 0.1) is 28.9 Å². The minimum Gasteiger partial charge on any atom is -0.478 e. The van der Waals surface area contributed by atoms with Crippen molar-refractivity contribution in [1.82, 2.24) is 0 Å². The minimum atomic E-state index is -1.17. The summed E-state index contributed by atoms with van der Waals surface area (Å²) in [6, 6.07) is 9.86. The van der Waals surface area contributed by atoms with Crippen LogP contribution in [0.1, 0.15) is 41.4 Å². The molecule has 29 heavy (non-hydrogen) atoms. The zero-order valence-electron chi connectivity index (χ0n) is 14.8. The van der Waals surface area contributed by atoms with Crippen molar-refractivity contribution in [3.63, 3.8) is 0 Å². The summed E-state index contributed by atoms with van der Waals surface area (Å²) in [5, 5.41) is 26.9. The van der Waals surface area contributed by atoms with Crippen molar-refractivity contribution >= 4 is 23.9 Å². The van der Waals surface area contributed by atoms with Crippen LogP contribution in [0.4, 0.5) is 0 Å². The smallest absolute Gasteiger partial charge is 0.373 e. The highest BCUT2D eigenvalue weighted by Crippen LogP contribution is 2.09. The van der Waals surface area contributed by atoms with E-state index in [-0.39, 0.29) is 22.3 Å². The second-order valence-electron chi connectivity index (χ2n) is 5.64. The predicted molar refractivity (Wildman–Crippen MR) is 94.5 cm³/mol. The first-order valence-corrected chi connectivity index (χ1v) is 8.14. The summed E-state index contributed by atoms with van der Waals surface area (Å²) in [5.74, 6) is -4.02. The van der Waals surface area contributed by atoms with E-state index in [9.17, 15) is 24.3 Å². The van der Waals surface area contributed by atoms with E-state index in [1.54, 1.807) is 0 Å². The van der Waals surface area contributed by atoms with Crippen LogP contribution in [0, 0.1) is 0 Å². The lowest BCUT2D eigenvalue weighted by Gasteiger charge is -2.14. The fourth-order valence-corrected chi connectivity index (χ4v) is 2.02. The normalized spacial score (nSPS) is 11.3. The third-order valence-corrected chi connectivity index (χ3v) is 3.60. The molecule has 0 aliphatic carbocycles. The predicted octanol–water partition coefficient (Wildman–Crippen LogP) is 1.39. The standard InChI is InChI=1S/C19H16O10/c20-9-15(10-27-18(25)13-5-1-11(2-6-13)16(21)22)28-29-19(26)14-7-3-12(4-8-14)17(23)24/h1-8,15,20H,9-10H2,(H,21,22)(H,23,24). The molecule has 2 aromatic carbocycles. The Bertz CT molecular complexity index is 813. The largest absolute Gasteiger partial charge is 0.478 e. The van der Waals surface area contributed by atoms with Crippen LogP contribution in [0.3, 0.4) is 0 Å². The molecule has 0 heterocycles. The maximum Gasteiger partial charge on any atom is 0.373 e. The first-order valence-electron chi connectivity index (χ1n) is 8.14. The van der Waals surface area contributed by atoms with Gasteiger partial charge in [0.1, 0.15) is 6.61 Å². The SMILES string of the molecule is O=C(O)c1ccc(C(=O)OCC(CO)OOC(=O)c2ccc(C(=O)O)cc2)cc1. The Morgan fingerprint density at radius 3 is 1.55 bits per heavy atom. The molecule has 10 heteroatoms. The van der Waals surface area contributed by atoms with Gasteiger partial charge >= 0.3 is 23.9 Å².